The van der Waals surface area contributed by atoms with Crippen molar-refractivity contribution in [3.05, 3.63) is 72.2 Å². The van der Waals surface area contributed by atoms with Crippen molar-refractivity contribution in [2.24, 2.45) is 0 Å². The molecule has 3 nitrogen and oxygen atoms in total. The Morgan fingerprint density at radius 1 is 0.947 bits per heavy atom. The smallest absolute Gasteiger partial charge is 0.261 e. The van der Waals surface area contributed by atoms with Crippen LogP contribution in [-0.2, 0) is 10.0 Å². The van der Waals surface area contributed by atoms with Gasteiger partial charge in [0.2, 0.25) is 0 Å². The van der Waals surface area contributed by atoms with Crippen LogP contribution in [0, 0.1) is 0 Å². The highest BCUT2D eigenvalue weighted by Gasteiger charge is 2.12. The minimum atomic E-state index is -3.50. The Morgan fingerprint density at radius 2 is 1.58 bits per heavy atom. The van der Waals surface area contributed by atoms with Gasteiger partial charge >= 0.3 is 0 Å². The molecule has 0 spiro atoms. The molecule has 100 valence electrons. The lowest BCUT2D eigenvalue weighted by Crippen LogP contribution is -2.12. The Morgan fingerprint density at radius 3 is 2.16 bits per heavy atom. The third kappa shape index (κ3) is 4.54. The predicted molar refractivity (Wildman–Crippen MR) is 82.6 cm³/mol. The minimum absolute atomic E-state index is 0.250. The molecule has 0 saturated carbocycles. The molecule has 2 aromatic rings. The molecule has 0 aliphatic rings. The van der Waals surface area contributed by atoms with E-state index in [0.717, 1.165) is 4.47 Å². The van der Waals surface area contributed by atoms with Gasteiger partial charge in [0.1, 0.15) is 0 Å². The number of halogens is 1. The van der Waals surface area contributed by atoms with Crippen LogP contribution in [0.4, 0.5) is 5.69 Å². The average molecular weight is 340 g/mol. The van der Waals surface area contributed by atoms with E-state index in [1.54, 1.807) is 48.5 Å². The fraction of sp³-hybridized carbons (Fsp3) is 0. The van der Waals surface area contributed by atoms with Gasteiger partial charge in [-0.1, -0.05) is 40.2 Å². The molecule has 0 saturated heterocycles. The van der Waals surface area contributed by atoms with Crippen LogP contribution in [0.15, 0.2) is 77.1 Å². The normalized spacial score (nSPS) is 10.2. The van der Waals surface area contributed by atoms with E-state index in [1.165, 1.54) is 0 Å². The SMILES string of the molecule is C=C.O=S(=O)(Nc1cccc(Br)c1)c1ccccc1. The van der Waals surface area contributed by atoms with Crippen molar-refractivity contribution in [3.63, 3.8) is 0 Å². The Kier molecular flexibility index (Phi) is 5.79. The maximum atomic E-state index is 12.0. The average Bonchev–Trinajstić information content (AvgIpc) is 2.41. The van der Waals surface area contributed by atoms with Crippen molar-refractivity contribution in [2.75, 3.05) is 4.72 Å². The summed E-state index contributed by atoms with van der Waals surface area (Å²) < 4.78 is 27.3. The van der Waals surface area contributed by atoms with Gasteiger partial charge in [0.25, 0.3) is 10.0 Å². The molecule has 0 fully saturated rings. The molecular weight excluding hydrogens is 326 g/mol. The van der Waals surface area contributed by atoms with Crippen LogP contribution >= 0.6 is 15.9 Å². The largest absolute Gasteiger partial charge is 0.280 e. The van der Waals surface area contributed by atoms with E-state index in [0.29, 0.717) is 5.69 Å². The highest BCUT2D eigenvalue weighted by Crippen LogP contribution is 2.19. The zero-order valence-corrected chi connectivity index (χ0v) is 12.6. The number of anilines is 1. The highest BCUT2D eigenvalue weighted by molar-refractivity contribution is 9.10. The third-order valence-corrected chi connectivity index (χ3v) is 4.02. The summed E-state index contributed by atoms with van der Waals surface area (Å²) in [5, 5.41) is 0. The summed E-state index contributed by atoms with van der Waals surface area (Å²) in [6.07, 6.45) is 0. The molecule has 0 aliphatic carbocycles. The number of hydrogen-bond acceptors (Lipinski definition) is 2. The second-order valence-electron chi connectivity index (χ2n) is 3.43. The molecule has 0 atom stereocenters. The van der Waals surface area contributed by atoms with E-state index < -0.39 is 10.0 Å². The molecular formula is C14H14BrNO2S. The van der Waals surface area contributed by atoms with Gasteiger partial charge in [0, 0.05) is 10.2 Å². The number of hydrogen-bond donors (Lipinski definition) is 1. The first-order valence-corrected chi connectivity index (χ1v) is 7.69. The van der Waals surface area contributed by atoms with Crippen LogP contribution in [0.1, 0.15) is 0 Å². The molecule has 2 rings (SSSR count). The maximum absolute atomic E-state index is 12.0. The molecule has 0 aliphatic heterocycles. The standard InChI is InChI=1S/C12H10BrNO2S.C2H4/c13-10-5-4-6-11(9-10)14-17(15,16)12-7-2-1-3-8-12;1-2/h1-9,14H;1-2H2. The van der Waals surface area contributed by atoms with Gasteiger partial charge in [0.15, 0.2) is 0 Å². The molecule has 0 radical (unpaired) electrons. The van der Waals surface area contributed by atoms with Gasteiger partial charge in [-0.15, -0.1) is 13.2 Å². The molecule has 0 heterocycles. The quantitative estimate of drug-likeness (QED) is 0.857. The minimum Gasteiger partial charge on any atom is -0.280 e. The van der Waals surface area contributed by atoms with Crippen LogP contribution in [0.2, 0.25) is 0 Å². The molecule has 1 N–H and O–H groups in total. The predicted octanol–water partition coefficient (Wildman–Crippen LogP) is 4.05. The van der Waals surface area contributed by atoms with Crippen molar-refractivity contribution in [2.45, 2.75) is 4.90 Å². The van der Waals surface area contributed by atoms with Crippen molar-refractivity contribution < 1.29 is 8.42 Å². The van der Waals surface area contributed by atoms with E-state index in [2.05, 4.69) is 33.8 Å². The number of benzene rings is 2. The van der Waals surface area contributed by atoms with Gasteiger partial charge in [0.05, 0.1) is 4.90 Å². The zero-order valence-electron chi connectivity index (χ0n) is 10.2. The van der Waals surface area contributed by atoms with Crippen LogP contribution in [0.25, 0.3) is 0 Å². The first-order valence-electron chi connectivity index (χ1n) is 5.41. The van der Waals surface area contributed by atoms with E-state index in [9.17, 15) is 8.42 Å². The third-order valence-electron chi connectivity index (χ3n) is 2.13. The van der Waals surface area contributed by atoms with Gasteiger partial charge in [-0.25, -0.2) is 8.42 Å². The zero-order chi connectivity index (χ0) is 14.3. The summed E-state index contributed by atoms with van der Waals surface area (Å²) in [4.78, 5) is 0.250. The number of nitrogens with one attached hydrogen (secondary N) is 1. The van der Waals surface area contributed by atoms with E-state index in [1.807, 2.05) is 6.07 Å². The van der Waals surface area contributed by atoms with E-state index in [-0.39, 0.29) is 4.90 Å². The molecule has 19 heavy (non-hydrogen) atoms. The van der Waals surface area contributed by atoms with Crippen molar-refractivity contribution in [1.82, 2.24) is 0 Å². The Bertz CT molecular complexity index is 627. The monoisotopic (exact) mass is 339 g/mol. The van der Waals surface area contributed by atoms with Crippen LogP contribution in [-0.4, -0.2) is 8.42 Å². The first-order chi connectivity index (χ1) is 9.08. The van der Waals surface area contributed by atoms with Crippen LogP contribution in [0.5, 0.6) is 0 Å². The number of sulfonamides is 1. The van der Waals surface area contributed by atoms with Crippen molar-refractivity contribution in [3.8, 4) is 0 Å². The molecule has 0 bridgehead atoms. The molecule has 0 unspecified atom stereocenters. The summed E-state index contributed by atoms with van der Waals surface area (Å²) in [7, 11) is -3.50. The lowest BCUT2D eigenvalue weighted by atomic mass is 10.3. The highest BCUT2D eigenvalue weighted by atomic mass is 79.9. The summed E-state index contributed by atoms with van der Waals surface area (Å²) in [5.74, 6) is 0. The Hall–Kier alpha value is -1.59. The second-order valence-corrected chi connectivity index (χ2v) is 6.03. The van der Waals surface area contributed by atoms with Gasteiger partial charge in [-0.2, -0.15) is 0 Å². The lowest BCUT2D eigenvalue weighted by Gasteiger charge is -2.07. The lowest BCUT2D eigenvalue weighted by molar-refractivity contribution is 0.601. The van der Waals surface area contributed by atoms with Gasteiger partial charge in [-0.05, 0) is 30.3 Å². The topological polar surface area (TPSA) is 46.2 Å². The summed E-state index contributed by atoms with van der Waals surface area (Å²) >= 11 is 3.29. The summed E-state index contributed by atoms with van der Waals surface area (Å²) in [5.41, 5.74) is 0.531. The fourth-order valence-corrected chi connectivity index (χ4v) is 2.84. The Labute approximate surface area is 122 Å². The molecule has 0 aromatic heterocycles. The molecule has 0 amide bonds. The van der Waals surface area contributed by atoms with Gasteiger partial charge in [-0.3, -0.25) is 4.72 Å². The number of rotatable bonds is 3. The van der Waals surface area contributed by atoms with Crippen LogP contribution in [0.3, 0.4) is 0 Å². The van der Waals surface area contributed by atoms with Crippen molar-refractivity contribution >= 4 is 31.6 Å². The molecule has 5 heteroatoms. The van der Waals surface area contributed by atoms with Gasteiger partial charge < -0.3 is 0 Å². The van der Waals surface area contributed by atoms with Crippen LogP contribution < -0.4 is 4.72 Å². The first kappa shape index (κ1) is 15.5. The van der Waals surface area contributed by atoms with E-state index in [4.69, 9.17) is 0 Å². The maximum Gasteiger partial charge on any atom is 0.261 e. The molecule has 2 aromatic carbocycles. The summed E-state index contributed by atoms with van der Waals surface area (Å²) in [6, 6.07) is 15.3. The second kappa shape index (κ2) is 7.11. The Balaban J connectivity index is 0.000000861. The van der Waals surface area contributed by atoms with Crippen molar-refractivity contribution in [1.29, 1.82) is 0 Å². The summed E-state index contributed by atoms with van der Waals surface area (Å²) in [6.45, 7) is 6.00. The fourth-order valence-electron chi connectivity index (χ4n) is 1.37. The van der Waals surface area contributed by atoms with E-state index >= 15 is 0 Å².